The first-order chi connectivity index (χ1) is 13.9. The molecule has 1 aromatic carbocycles. The highest BCUT2D eigenvalue weighted by molar-refractivity contribution is 7.91. The fourth-order valence-electron chi connectivity index (χ4n) is 3.00. The van der Waals surface area contributed by atoms with Crippen molar-refractivity contribution in [3.63, 3.8) is 0 Å². The summed E-state index contributed by atoms with van der Waals surface area (Å²) < 4.78 is 36.2. The molecule has 29 heavy (non-hydrogen) atoms. The molecule has 1 aromatic rings. The van der Waals surface area contributed by atoms with Gasteiger partial charge in [-0.05, 0) is 49.8 Å². The maximum Gasteiger partial charge on any atom is 0.324 e. The first-order valence-electron chi connectivity index (χ1n) is 10.1. The van der Waals surface area contributed by atoms with E-state index < -0.39 is 9.84 Å². The zero-order valence-electron chi connectivity index (χ0n) is 16.5. The highest BCUT2D eigenvalue weighted by Crippen LogP contribution is 2.30. The molecule has 2 aliphatic rings. The number of rotatable bonds is 12. The van der Waals surface area contributed by atoms with E-state index >= 15 is 0 Å². The molecule has 3 rings (SSSR count). The van der Waals surface area contributed by atoms with Crippen molar-refractivity contribution >= 4 is 21.8 Å². The molecule has 0 bridgehead atoms. The van der Waals surface area contributed by atoms with E-state index in [1.54, 1.807) is 29.2 Å². The van der Waals surface area contributed by atoms with Gasteiger partial charge < -0.3 is 14.4 Å². The molecule has 1 saturated heterocycles. The Bertz CT molecular complexity index is 822. The number of carbonyl (C=O) groups is 2. The molecule has 1 heterocycles. The van der Waals surface area contributed by atoms with Gasteiger partial charge in [0.05, 0.1) is 17.3 Å². The van der Waals surface area contributed by atoms with Crippen LogP contribution >= 0.6 is 0 Å². The van der Waals surface area contributed by atoms with E-state index in [1.165, 1.54) is 12.8 Å². The summed E-state index contributed by atoms with van der Waals surface area (Å²) in [5, 5.41) is 2.27. The molecule has 0 aromatic heterocycles. The van der Waals surface area contributed by atoms with Crippen molar-refractivity contribution in [1.29, 1.82) is 0 Å². The van der Waals surface area contributed by atoms with E-state index in [2.05, 4.69) is 5.32 Å². The Morgan fingerprint density at radius 2 is 1.93 bits per heavy atom. The maximum atomic E-state index is 12.5. The lowest BCUT2D eigenvalue weighted by atomic mass is 10.3. The van der Waals surface area contributed by atoms with Gasteiger partial charge >= 0.3 is 6.03 Å². The normalized spacial score (nSPS) is 17.3. The van der Waals surface area contributed by atoms with E-state index in [9.17, 15) is 18.0 Å². The predicted molar refractivity (Wildman–Crippen MR) is 106 cm³/mol. The zero-order chi connectivity index (χ0) is 20.7. The Kier molecular flexibility index (Phi) is 7.49. The summed E-state index contributed by atoms with van der Waals surface area (Å²) in [4.78, 5) is 24.5. The van der Waals surface area contributed by atoms with Gasteiger partial charge in [0.15, 0.2) is 9.84 Å². The number of hydrogen-bond donors (Lipinski definition) is 1. The van der Waals surface area contributed by atoms with Crippen LogP contribution in [-0.2, 0) is 19.4 Å². The van der Waals surface area contributed by atoms with Gasteiger partial charge in [-0.25, -0.2) is 13.2 Å². The third-order valence-corrected chi connectivity index (χ3v) is 6.71. The molecule has 1 saturated carbocycles. The second-order valence-electron chi connectivity index (χ2n) is 7.46. The number of benzene rings is 1. The Morgan fingerprint density at radius 3 is 2.69 bits per heavy atom. The lowest BCUT2D eigenvalue weighted by Crippen LogP contribution is -2.49. The number of nitrogens with one attached hydrogen (secondary N) is 1. The van der Waals surface area contributed by atoms with Gasteiger partial charge in [0.2, 0.25) is 5.91 Å². The Hall–Kier alpha value is -2.13. The summed E-state index contributed by atoms with van der Waals surface area (Å²) >= 11 is 0. The van der Waals surface area contributed by atoms with Crippen LogP contribution in [-0.4, -0.2) is 63.9 Å². The molecular formula is C20H28N2O6S. The van der Waals surface area contributed by atoms with E-state index in [0.717, 1.165) is 0 Å². The van der Waals surface area contributed by atoms with Crippen LogP contribution in [0.4, 0.5) is 4.79 Å². The molecule has 1 aliphatic carbocycles. The van der Waals surface area contributed by atoms with Gasteiger partial charge in [-0.3, -0.25) is 10.1 Å². The van der Waals surface area contributed by atoms with Crippen molar-refractivity contribution in [2.75, 3.05) is 38.7 Å². The minimum atomic E-state index is -3.38. The molecule has 0 atom stereocenters. The molecule has 160 valence electrons. The Labute approximate surface area is 171 Å². The van der Waals surface area contributed by atoms with Crippen molar-refractivity contribution in [1.82, 2.24) is 10.2 Å². The van der Waals surface area contributed by atoms with E-state index in [1.807, 2.05) is 0 Å². The van der Waals surface area contributed by atoms with Crippen LogP contribution in [0.5, 0.6) is 5.75 Å². The third-order valence-electron chi connectivity index (χ3n) is 4.91. The van der Waals surface area contributed by atoms with Crippen LogP contribution in [0.3, 0.4) is 0 Å². The van der Waals surface area contributed by atoms with Crippen molar-refractivity contribution in [2.45, 2.75) is 37.0 Å². The molecule has 0 unspecified atom stereocenters. The van der Waals surface area contributed by atoms with Crippen LogP contribution in [0.15, 0.2) is 29.2 Å². The van der Waals surface area contributed by atoms with Gasteiger partial charge in [-0.2, -0.15) is 0 Å². The minimum Gasteiger partial charge on any atom is -0.493 e. The van der Waals surface area contributed by atoms with Crippen molar-refractivity contribution < 1.29 is 27.5 Å². The van der Waals surface area contributed by atoms with Gasteiger partial charge in [0, 0.05) is 32.7 Å². The number of amides is 3. The summed E-state index contributed by atoms with van der Waals surface area (Å²) in [5.41, 5.74) is 0. The van der Waals surface area contributed by atoms with Crippen LogP contribution in [0.2, 0.25) is 0 Å². The lowest BCUT2D eigenvalue weighted by molar-refractivity contribution is -0.121. The van der Waals surface area contributed by atoms with Crippen molar-refractivity contribution in [2.24, 2.45) is 5.92 Å². The first-order valence-corrected chi connectivity index (χ1v) is 11.7. The van der Waals surface area contributed by atoms with Crippen molar-refractivity contribution in [3.8, 4) is 5.75 Å². The van der Waals surface area contributed by atoms with Crippen LogP contribution in [0.25, 0.3) is 0 Å². The van der Waals surface area contributed by atoms with Gasteiger partial charge in [-0.1, -0.05) is 6.07 Å². The number of ether oxygens (including phenoxy) is 2. The number of urea groups is 1. The summed E-state index contributed by atoms with van der Waals surface area (Å²) in [6.45, 7) is 2.34. The van der Waals surface area contributed by atoms with E-state index in [0.29, 0.717) is 63.8 Å². The number of sulfone groups is 1. The quantitative estimate of drug-likeness (QED) is 0.515. The number of imide groups is 1. The highest BCUT2D eigenvalue weighted by Gasteiger charge is 2.23. The van der Waals surface area contributed by atoms with E-state index in [-0.39, 0.29) is 22.6 Å². The van der Waals surface area contributed by atoms with Gasteiger partial charge in [-0.15, -0.1) is 0 Å². The average Bonchev–Trinajstić information content (AvgIpc) is 3.52. The fraction of sp³-hybridized carbons (Fsp3) is 0.600. The number of carbonyl (C=O) groups excluding carboxylic acids is 2. The SMILES string of the molecule is O=C1CCN(CCCOCCCS(=O)(=O)c2cccc(OCC3CC3)c2)C(=O)N1. The molecule has 2 fully saturated rings. The summed E-state index contributed by atoms with van der Waals surface area (Å²) in [5.74, 6) is 0.969. The molecule has 1 N–H and O–H groups in total. The molecule has 0 radical (unpaired) electrons. The molecule has 3 amide bonds. The summed E-state index contributed by atoms with van der Waals surface area (Å²) in [6.07, 6.45) is 3.71. The largest absolute Gasteiger partial charge is 0.493 e. The second kappa shape index (κ2) is 10.1. The first kappa shape index (κ1) is 21.6. The average molecular weight is 425 g/mol. The molecular weight excluding hydrogens is 396 g/mol. The number of hydrogen-bond acceptors (Lipinski definition) is 6. The van der Waals surface area contributed by atoms with E-state index in [4.69, 9.17) is 9.47 Å². The fourth-order valence-corrected chi connectivity index (χ4v) is 4.31. The predicted octanol–water partition coefficient (Wildman–Crippen LogP) is 1.99. The van der Waals surface area contributed by atoms with Gasteiger partial charge in [0.25, 0.3) is 0 Å². The Morgan fingerprint density at radius 1 is 1.14 bits per heavy atom. The Balaban J connectivity index is 1.31. The molecule has 0 spiro atoms. The third kappa shape index (κ3) is 7.01. The monoisotopic (exact) mass is 424 g/mol. The summed E-state index contributed by atoms with van der Waals surface area (Å²) in [6, 6.07) is 6.30. The standard InChI is InChI=1S/C20H28N2O6S/c23-19-8-10-22(20(24)21-19)9-2-11-27-12-3-13-29(25,26)18-5-1-4-17(14-18)28-15-16-6-7-16/h1,4-5,14,16H,2-3,6-13,15H2,(H,21,23,24). The molecule has 8 nitrogen and oxygen atoms in total. The van der Waals surface area contributed by atoms with Crippen LogP contribution in [0.1, 0.15) is 32.1 Å². The minimum absolute atomic E-state index is 0.00964. The summed E-state index contributed by atoms with van der Waals surface area (Å²) in [7, 11) is -3.38. The molecule has 9 heteroatoms. The smallest absolute Gasteiger partial charge is 0.324 e. The zero-order valence-corrected chi connectivity index (χ0v) is 17.3. The second-order valence-corrected chi connectivity index (χ2v) is 9.57. The highest BCUT2D eigenvalue weighted by atomic mass is 32.2. The van der Waals surface area contributed by atoms with Crippen LogP contribution in [0, 0.1) is 5.92 Å². The lowest BCUT2D eigenvalue weighted by Gasteiger charge is -2.26. The van der Waals surface area contributed by atoms with Gasteiger partial charge in [0.1, 0.15) is 5.75 Å². The van der Waals surface area contributed by atoms with Crippen molar-refractivity contribution in [3.05, 3.63) is 24.3 Å². The van der Waals surface area contributed by atoms with Crippen LogP contribution < -0.4 is 10.1 Å². The topological polar surface area (TPSA) is 102 Å². The maximum absolute atomic E-state index is 12.5. The number of nitrogens with zero attached hydrogens (tertiary/aromatic N) is 1. The molecule has 1 aliphatic heterocycles.